The fraction of sp³-hybridized carbons (Fsp3) is 0.562. The van der Waals surface area contributed by atoms with E-state index in [9.17, 15) is 4.79 Å². The molecule has 1 heterocycles. The van der Waals surface area contributed by atoms with Crippen LogP contribution in [0, 0.1) is 5.92 Å². The van der Waals surface area contributed by atoms with Crippen LogP contribution in [0.4, 0.5) is 0 Å². The molecule has 0 aliphatic carbocycles. The molecule has 1 fully saturated rings. The maximum atomic E-state index is 11.1. The maximum absolute atomic E-state index is 11.1. The molecule has 1 aromatic carbocycles. The van der Waals surface area contributed by atoms with E-state index in [4.69, 9.17) is 9.84 Å². The van der Waals surface area contributed by atoms with E-state index >= 15 is 0 Å². The lowest BCUT2D eigenvalue weighted by molar-refractivity contribution is -0.141. The highest BCUT2D eigenvalue weighted by Gasteiger charge is 2.31. The predicted molar refractivity (Wildman–Crippen MR) is 77.7 cm³/mol. The minimum Gasteiger partial charge on any atom is -0.481 e. The number of methoxy groups -OCH3 is 1. The zero-order valence-electron chi connectivity index (χ0n) is 12.3. The van der Waals surface area contributed by atoms with E-state index in [1.165, 1.54) is 11.1 Å². The molecule has 4 heteroatoms. The minimum atomic E-state index is -0.713. The molecule has 1 aliphatic rings. The third-order valence-corrected chi connectivity index (χ3v) is 4.08. The summed E-state index contributed by atoms with van der Waals surface area (Å²) in [5.74, 6) is -1.00. The average molecular weight is 277 g/mol. The molecule has 2 atom stereocenters. The molecule has 1 saturated heterocycles. The molecule has 2 N–H and O–H groups in total. The summed E-state index contributed by atoms with van der Waals surface area (Å²) in [5, 5.41) is 12.4. The van der Waals surface area contributed by atoms with Crippen molar-refractivity contribution in [1.82, 2.24) is 5.32 Å². The normalized spacial score (nSPS) is 22.9. The number of rotatable bonds is 5. The van der Waals surface area contributed by atoms with E-state index < -0.39 is 5.97 Å². The summed E-state index contributed by atoms with van der Waals surface area (Å²) in [6.45, 7) is 4.67. The van der Waals surface area contributed by atoms with Gasteiger partial charge in [-0.3, -0.25) is 4.79 Å². The van der Waals surface area contributed by atoms with Crippen LogP contribution in [0.2, 0.25) is 0 Å². The molecule has 110 valence electrons. The van der Waals surface area contributed by atoms with E-state index in [1.54, 1.807) is 7.11 Å². The van der Waals surface area contributed by atoms with Gasteiger partial charge in [0, 0.05) is 26.1 Å². The third-order valence-electron chi connectivity index (χ3n) is 4.08. The summed E-state index contributed by atoms with van der Waals surface area (Å²) in [6.07, 6.45) is 1.47. The van der Waals surface area contributed by atoms with Crippen molar-refractivity contribution in [3.05, 3.63) is 35.4 Å². The summed E-state index contributed by atoms with van der Waals surface area (Å²) in [5.41, 5.74) is 2.20. The van der Waals surface area contributed by atoms with Gasteiger partial charge in [0.25, 0.3) is 0 Å². The molecule has 20 heavy (non-hydrogen) atoms. The van der Waals surface area contributed by atoms with Crippen molar-refractivity contribution in [2.24, 2.45) is 5.92 Å². The fourth-order valence-electron chi connectivity index (χ4n) is 2.73. The lowest BCUT2D eigenvalue weighted by Crippen LogP contribution is -2.27. The van der Waals surface area contributed by atoms with Crippen molar-refractivity contribution >= 4 is 5.97 Å². The number of benzene rings is 1. The molecule has 0 amide bonds. The first-order valence-electron chi connectivity index (χ1n) is 7.02. The number of carbonyl (C=O) groups is 1. The molecule has 1 aliphatic heterocycles. The van der Waals surface area contributed by atoms with E-state index in [0.717, 1.165) is 6.42 Å². The van der Waals surface area contributed by atoms with Crippen molar-refractivity contribution in [3.63, 3.8) is 0 Å². The van der Waals surface area contributed by atoms with Gasteiger partial charge in [-0.05, 0) is 31.4 Å². The molecule has 2 rings (SSSR count). The molecule has 0 spiro atoms. The van der Waals surface area contributed by atoms with Crippen LogP contribution in [0.15, 0.2) is 24.3 Å². The zero-order valence-corrected chi connectivity index (χ0v) is 12.3. The van der Waals surface area contributed by atoms with Gasteiger partial charge in [-0.25, -0.2) is 0 Å². The Labute approximate surface area is 120 Å². The quantitative estimate of drug-likeness (QED) is 0.867. The van der Waals surface area contributed by atoms with Gasteiger partial charge in [-0.15, -0.1) is 0 Å². The smallest absolute Gasteiger partial charge is 0.307 e. The van der Waals surface area contributed by atoms with Crippen LogP contribution in [-0.2, 0) is 16.0 Å². The number of hydrogen-bond acceptors (Lipinski definition) is 3. The Morgan fingerprint density at radius 2 is 2.15 bits per heavy atom. The largest absolute Gasteiger partial charge is 0.481 e. The average Bonchev–Trinajstić information content (AvgIpc) is 2.88. The van der Waals surface area contributed by atoms with E-state index in [-0.39, 0.29) is 17.6 Å². The molecular formula is C16H23NO3. The maximum Gasteiger partial charge on any atom is 0.307 e. The van der Waals surface area contributed by atoms with Crippen LogP contribution in [0.5, 0.6) is 0 Å². The Kier molecular flexibility index (Phi) is 4.45. The van der Waals surface area contributed by atoms with Gasteiger partial charge in [0.05, 0.1) is 11.5 Å². The van der Waals surface area contributed by atoms with Gasteiger partial charge < -0.3 is 15.2 Å². The first-order valence-corrected chi connectivity index (χ1v) is 7.02. The third kappa shape index (κ3) is 3.38. The molecular weight excluding hydrogens is 254 g/mol. The highest BCUT2D eigenvalue weighted by Crippen LogP contribution is 2.31. The first-order chi connectivity index (χ1) is 9.43. The van der Waals surface area contributed by atoms with Crippen LogP contribution in [0.3, 0.4) is 0 Å². The van der Waals surface area contributed by atoms with Gasteiger partial charge in [0.2, 0.25) is 0 Å². The van der Waals surface area contributed by atoms with Crippen LogP contribution < -0.4 is 5.32 Å². The lowest BCUT2D eigenvalue weighted by Gasteiger charge is -2.25. The summed E-state index contributed by atoms with van der Waals surface area (Å²) in [4.78, 5) is 11.1. The summed E-state index contributed by atoms with van der Waals surface area (Å²) < 4.78 is 5.50. The second-order valence-corrected chi connectivity index (χ2v) is 6.07. The fourth-order valence-corrected chi connectivity index (χ4v) is 2.73. The Hall–Kier alpha value is -1.39. The molecule has 0 saturated carbocycles. The number of carboxylic acids is 1. The minimum absolute atomic E-state index is 0.125. The highest BCUT2D eigenvalue weighted by molar-refractivity contribution is 5.70. The standard InChI is InChI=1S/C16H23NO3/c1-16(2,20-3)9-11-6-4-5-7-13(11)14-8-12(10-17-14)15(18)19/h4-7,12,14,17H,8-10H2,1-3H3,(H,18,19). The highest BCUT2D eigenvalue weighted by atomic mass is 16.5. The van der Waals surface area contributed by atoms with Crippen LogP contribution in [-0.4, -0.2) is 30.3 Å². The second-order valence-electron chi connectivity index (χ2n) is 6.07. The van der Waals surface area contributed by atoms with Crippen LogP contribution >= 0.6 is 0 Å². The number of aliphatic carboxylic acids is 1. The van der Waals surface area contributed by atoms with Gasteiger partial charge in [0.15, 0.2) is 0 Å². The van der Waals surface area contributed by atoms with Gasteiger partial charge in [-0.1, -0.05) is 24.3 Å². The van der Waals surface area contributed by atoms with E-state index in [0.29, 0.717) is 13.0 Å². The summed E-state index contributed by atoms with van der Waals surface area (Å²) in [6, 6.07) is 8.34. The summed E-state index contributed by atoms with van der Waals surface area (Å²) >= 11 is 0. The lowest BCUT2D eigenvalue weighted by atomic mass is 9.90. The molecule has 2 unspecified atom stereocenters. The number of nitrogens with one attached hydrogen (secondary N) is 1. The Morgan fingerprint density at radius 1 is 1.45 bits per heavy atom. The summed E-state index contributed by atoms with van der Waals surface area (Å²) in [7, 11) is 1.72. The Morgan fingerprint density at radius 3 is 2.75 bits per heavy atom. The molecule has 0 bridgehead atoms. The molecule has 4 nitrogen and oxygen atoms in total. The molecule has 0 aromatic heterocycles. The number of carboxylic acid groups (broad SMARTS) is 1. The van der Waals surface area contributed by atoms with E-state index in [1.807, 2.05) is 12.1 Å². The number of hydrogen-bond donors (Lipinski definition) is 2. The van der Waals surface area contributed by atoms with Crippen molar-refractivity contribution in [3.8, 4) is 0 Å². The second kappa shape index (κ2) is 5.94. The van der Waals surface area contributed by atoms with Gasteiger partial charge >= 0.3 is 5.97 Å². The van der Waals surface area contributed by atoms with Crippen molar-refractivity contribution < 1.29 is 14.6 Å². The molecule has 0 radical (unpaired) electrons. The van der Waals surface area contributed by atoms with Gasteiger partial charge in [-0.2, -0.15) is 0 Å². The topological polar surface area (TPSA) is 58.6 Å². The zero-order chi connectivity index (χ0) is 14.8. The SMILES string of the molecule is COC(C)(C)Cc1ccccc1C1CC(C(=O)O)CN1. The van der Waals surface area contributed by atoms with Crippen molar-refractivity contribution in [2.45, 2.75) is 38.3 Å². The number of ether oxygens (including phenoxy) is 1. The van der Waals surface area contributed by atoms with Crippen LogP contribution in [0.25, 0.3) is 0 Å². The molecule has 1 aromatic rings. The first kappa shape index (κ1) is 15.0. The Bertz CT molecular complexity index is 484. The Balaban J connectivity index is 2.19. The van der Waals surface area contributed by atoms with Crippen molar-refractivity contribution in [1.29, 1.82) is 0 Å². The van der Waals surface area contributed by atoms with Crippen LogP contribution in [0.1, 0.15) is 37.4 Å². The van der Waals surface area contributed by atoms with E-state index in [2.05, 4.69) is 31.3 Å². The monoisotopic (exact) mass is 277 g/mol. The predicted octanol–water partition coefficient (Wildman–Crippen LogP) is 2.39. The van der Waals surface area contributed by atoms with Crippen molar-refractivity contribution in [2.75, 3.05) is 13.7 Å². The van der Waals surface area contributed by atoms with Gasteiger partial charge in [0.1, 0.15) is 0 Å².